The first-order chi connectivity index (χ1) is 11.8. The van der Waals surface area contributed by atoms with E-state index in [0.29, 0.717) is 6.04 Å². The first kappa shape index (κ1) is 17.2. The number of benzene rings is 2. The summed E-state index contributed by atoms with van der Waals surface area (Å²) in [4.78, 5) is 4.85. The maximum atomic E-state index is 9.41. The summed E-state index contributed by atoms with van der Waals surface area (Å²) < 4.78 is 5.94. The van der Waals surface area contributed by atoms with Crippen molar-refractivity contribution in [1.82, 2.24) is 9.80 Å². The highest BCUT2D eigenvalue weighted by molar-refractivity contribution is 5.83. The lowest BCUT2D eigenvalue weighted by atomic mass is 10.1. The van der Waals surface area contributed by atoms with E-state index < -0.39 is 0 Å². The molecule has 0 spiro atoms. The van der Waals surface area contributed by atoms with Crippen molar-refractivity contribution >= 4 is 10.8 Å². The molecule has 4 heteroatoms. The Hall–Kier alpha value is -1.62. The third kappa shape index (κ3) is 4.26. The number of fused-ring (bicyclic) bond motifs is 1. The second-order valence-electron chi connectivity index (χ2n) is 6.48. The van der Waals surface area contributed by atoms with Crippen LogP contribution in [-0.4, -0.2) is 66.9 Å². The molecule has 1 atom stereocenters. The number of hydrogen-bond donors (Lipinski definition) is 1. The predicted octanol–water partition coefficient (Wildman–Crippen LogP) is 2.61. The fourth-order valence-electron chi connectivity index (χ4n) is 3.40. The molecule has 0 radical (unpaired) electrons. The van der Waals surface area contributed by atoms with Crippen LogP contribution in [0.5, 0.6) is 5.75 Å². The average molecular weight is 328 g/mol. The van der Waals surface area contributed by atoms with Crippen LogP contribution in [0, 0.1) is 0 Å². The van der Waals surface area contributed by atoms with Crippen LogP contribution in [0.15, 0.2) is 42.5 Å². The Kier molecular flexibility index (Phi) is 6.07. The number of hydrogen-bond acceptors (Lipinski definition) is 4. The van der Waals surface area contributed by atoms with Crippen molar-refractivity contribution in [3.05, 3.63) is 42.5 Å². The lowest BCUT2D eigenvalue weighted by Gasteiger charge is -2.38. The van der Waals surface area contributed by atoms with E-state index in [2.05, 4.69) is 53.1 Å². The van der Waals surface area contributed by atoms with Crippen LogP contribution < -0.4 is 4.74 Å². The standard InChI is InChI=1S/C20H28N2O2/c1-2-19(16-23)22-11-9-21(10-12-22)13-14-24-20-8-7-17-5-3-4-6-18(17)15-20/h3-8,15,19,23H,2,9-14,16H2,1H3. The zero-order valence-electron chi connectivity index (χ0n) is 14.5. The highest BCUT2D eigenvalue weighted by Crippen LogP contribution is 2.20. The first-order valence-electron chi connectivity index (χ1n) is 8.99. The monoisotopic (exact) mass is 328 g/mol. The number of rotatable bonds is 7. The summed E-state index contributed by atoms with van der Waals surface area (Å²) in [6, 6.07) is 14.9. The number of ether oxygens (including phenoxy) is 1. The molecule has 2 aromatic carbocycles. The van der Waals surface area contributed by atoms with Crippen molar-refractivity contribution < 1.29 is 9.84 Å². The SMILES string of the molecule is CCC(CO)N1CCN(CCOc2ccc3ccccc3c2)CC1. The minimum atomic E-state index is 0.265. The summed E-state index contributed by atoms with van der Waals surface area (Å²) in [5.41, 5.74) is 0. The van der Waals surface area contributed by atoms with Gasteiger partial charge in [-0.2, -0.15) is 0 Å². The van der Waals surface area contributed by atoms with Gasteiger partial charge in [0.1, 0.15) is 12.4 Å². The number of nitrogens with zero attached hydrogens (tertiary/aromatic N) is 2. The summed E-state index contributed by atoms with van der Waals surface area (Å²) >= 11 is 0. The Morgan fingerprint density at radius 1 is 1.04 bits per heavy atom. The van der Waals surface area contributed by atoms with Crippen molar-refractivity contribution in [3.63, 3.8) is 0 Å². The molecule has 1 fully saturated rings. The second-order valence-corrected chi connectivity index (χ2v) is 6.48. The minimum absolute atomic E-state index is 0.265. The molecule has 1 saturated heterocycles. The Labute approximate surface area is 144 Å². The van der Waals surface area contributed by atoms with Crippen LogP contribution in [0.1, 0.15) is 13.3 Å². The van der Waals surface area contributed by atoms with E-state index in [1.807, 2.05) is 6.07 Å². The summed E-state index contributed by atoms with van der Waals surface area (Å²) in [7, 11) is 0. The van der Waals surface area contributed by atoms with Gasteiger partial charge in [-0.05, 0) is 29.3 Å². The molecule has 1 heterocycles. The van der Waals surface area contributed by atoms with Gasteiger partial charge in [0.15, 0.2) is 0 Å². The molecule has 24 heavy (non-hydrogen) atoms. The predicted molar refractivity (Wildman–Crippen MR) is 98.6 cm³/mol. The van der Waals surface area contributed by atoms with Gasteiger partial charge in [-0.15, -0.1) is 0 Å². The van der Waals surface area contributed by atoms with Crippen LogP contribution in [0.3, 0.4) is 0 Å². The van der Waals surface area contributed by atoms with Gasteiger partial charge < -0.3 is 9.84 Å². The number of aliphatic hydroxyl groups excluding tert-OH is 1. The molecule has 1 aliphatic heterocycles. The highest BCUT2D eigenvalue weighted by atomic mass is 16.5. The Morgan fingerprint density at radius 3 is 2.50 bits per heavy atom. The van der Waals surface area contributed by atoms with Gasteiger partial charge in [0.05, 0.1) is 6.61 Å². The van der Waals surface area contributed by atoms with Crippen LogP contribution in [0.25, 0.3) is 10.8 Å². The third-order valence-corrected chi connectivity index (χ3v) is 5.00. The quantitative estimate of drug-likeness (QED) is 0.847. The van der Waals surface area contributed by atoms with Gasteiger partial charge in [0, 0.05) is 38.8 Å². The smallest absolute Gasteiger partial charge is 0.120 e. The van der Waals surface area contributed by atoms with Crippen LogP contribution in [-0.2, 0) is 0 Å². The van der Waals surface area contributed by atoms with Gasteiger partial charge in [0.25, 0.3) is 0 Å². The minimum Gasteiger partial charge on any atom is -0.492 e. The van der Waals surface area contributed by atoms with Gasteiger partial charge >= 0.3 is 0 Å². The van der Waals surface area contributed by atoms with E-state index in [4.69, 9.17) is 4.74 Å². The molecule has 2 aromatic rings. The molecule has 0 aliphatic carbocycles. The Morgan fingerprint density at radius 2 is 1.79 bits per heavy atom. The zero-order valence-corrected chi connectivity index (χ0v) is 14.5. The van der Waals surface area contributed by atoms with Crippen molar-refractivity contribution in [2.24, 2.45) is 0 Å². The summed E-state index contributed by atoms with van der Waals surface area (Å²) in [6.07, 6.45) is 1.02. The van der Waals surface area contributed by atoms with Crippen molar-refractivity contribution in [3.8, 4) is 5.75 Å². The van der Waals surface area contributed by atoms with E-state index in [1.165, 1.54) is 10.8 Å². The average Bonchev–Trinajstić information content (AvgIpc) is 2.64. The van der Waals surface area contributed by atoms with Crippen molar-refractivity contribution in [1.29, 1.82) is 0 Å². The third-order valence-electron chi connectivity index (χ3n) is 5.00. The van der Waals surface area contributed by atoms with E-state index in [0.717, 1.165) is 51.5 Å². The lowest BCUT2D eigenvalue weighted by molar-refractivity contribution is 0.0584. The molecule has 3 rings (SSSR count). The topological polar surface area (TPSA) is 35.9 Å². The second kappa shape index (κ2) is 8.47. The first-order valence-corrected chi connectivity index (χ1v) is 8.99. The van der Waals surface area contributed by atoms with Crippen LogP contribution in [0.4, 0.5) is 0 Å². The number of aliphatic hydroxyl groups is 1. The molecule has 0 bridgehead atoms. The highest BCUT2D eigenvalue weighted by Gasteiger charge is 2.21. The molecule has 0 saturated carbocycles. The maximum absolute atomic E-state index is 9.41. The fraction of sp³-hybridized carbons (Fsp3) is 0.500. The molecule has 130 valence electrons. The van der Waals surface area contributed by atoms with Gasteiger partial charge in [-0.1, -0.05) is 37.3 Å². The molecular formula is C20H28N2O2. The molecular weight excluding hydrogens is 300 g/mol. The van der Waals surface area contributed by atoms with Crippen molar-refractivity contribution in [2.75, 3.05) is 45.9 Å². The van der Waals surface area contributed by atoms with Gasteiger partial charge in [-0.3, -0.25) is 9.80 Å². The Balaban J connectivity index is 1.43. The largest absolute Gasteiger partial charge is 0.492 e. The van der Waals surface area contributed by atoms with Crippen molar-refractivity contribution in [2.45, 2.75) is 19.4 Å². The maximum Gasteiger partial charge on any atom is 0.120 e. The number of piperazine rings is 1. The molecule has 1 N–H and O–H groups in total. The summed E-state index contributed by atoms with van der Waals surface area (Å²) in [5, 5.41) is 11.9. The van der Waals surface area contributed by atoms with E-state index in [1.54, 1.807) is 0 Å². The summed E-state index contributed by atoms with van der Waals surface area (Å²) in [6.45, 7) is 8.26. The normalized spacial score (nSPS) is 17.9. The lowest BCUT2D eigenvalue weighted by Crippen LogP contribution is -2.51. The fourth-order valence-corrected chi connectivity index (χ4v) is 3.40. The van der Waals surface area contributed by atoms with Gasteiger partial charge in [-0.25, -0.2) is 0 Å². The van der Waals surface area contributed by atoms with E-state index in [-0.39, 0.29) is 6.61 Å². The van der Waals surface area contributed by atoms with E-state index in [9.17, 15) is 5.11 Å². The molecule has 0 amide bonds. The zero-order chi connectivity index (χ0) is 16.8. The van der Waals surface area contributed by atoms with Crippen LogP contribution >= 0.6 is 0 Å². The summed E-state index contributed by atoms with van der Waals surface area (Å²) in [5.74, 6) is 0.943. The Bertz CT molecular complexity index is 634. The van der Waals surface area contributed by atoms with Crippen LogP contribution in [0.2, 0.25) is 0 Å². The molecule has 4 nitrogen and oxygen atoms in total. The molecule has 0 aromatic heterocycles. The molecule has 1 aliphatic rings. The van der Waals surface area contributed by atoms with Gasteiger partial charge in [0.2, 0.25) is 0 Å². The van der Waals surface area contributed by atoms with E-state index >= 15 is 0 Å². The molecule has 1 unspecified atom stereocenters.